The van der Waals surface area contributed by atoms with Crippen molar-refractivity contribution in [3.63, 3.8) is 0 Å². The van der Waals surface area contributed by atoms with Gasteiger partial charge < -0.3 is 10.5 Å². The van der Waals surface area contributed by atoms with Crippen molar-refractivity contribution in [3.8, 4) is 5.75 Å². The van der Waals surface area contributed by atoms with Crippen LogP contribution in [0.15, 0.2) is 48.5 Å². The summed E-state index contributed by atoms with van der Waals surface area (Å²) in [4.78, 5) is 22.8. The number of nitro benzene ring substituents is 1. The number of nitrogens with two attached hydrogens (primary N) is 1. The lowest BCUT2D eigenvalue weighted by Gasteiger charge is -2.17. The minimum absolute atomic E-state index is 0.0244. The molecule has 1 atom stereocenters. The summed E-state index contributed by atoms with van der Waals surface area (Å²) in [7, 11) is 1.57. The van der Waals surface area contributed by atoms with Gasteiger partial charge in [0.25, 0.3) is 5.69 Å². The lowest BCUT2D eigenvalue weighted by molar-refractivity contribution is -0.385. The molecule has 0 spiro atoms. The standard InChI is InChI=1S/C16H17N3O4/c1-11(12-4-3-5-14(10-12)19(21)22)23-15-8-6-13(7-9-15)18(2)16(17)20/h3-11H,1-2H3,(H2,17,20). The van der Waals surface area contributed by atoms with E-state index in [4.69, 9.17) is 10.5 Å². The topological polar surface area (TPSA) is 98.7 Å². The Hall–Kier alpha value is -3.09. The Morgan fingerprint density at radius 1 is 1.26 bits per heavy atom. The van der Waals surface area contributed by atoms with E-state index in [1.165, 1.54) is 17.0 Å². The molecule has 0 heterocycles. The zero-order valence-corrected chi connectivity index (χ0v) is 12.8. The zero-order valence-electron chi connectivity index (χ0n) is 12.8. The molecule has 0 fully saturated rings. The quantitative estimate of drug-likeness (QED) is 0.676. The minimum atomic E-state index is -0.552. The average molecular weight is 315 g/mol. The molecule has 0 saturated carbocycles. The van der Waals surface area contributed by atoms with E-state index in [0.717, 1.165) is 0 Å². The number of nitro groups is 1. The molecule has 23 heavy (non-hydrogen) atoms. The van der Waals surface area contributed by atoms with Crippen LogP contribution in [-0.4, -0.2) is 18.0 Å². The number of carbonyl (C=O) groups excluding carboxylic acids is 1. The number of primary amides is 1. The number of rotatable bonds is 5. The lowest BCUT2D eigenvalue weighted by atomic mass is 10.1. The highest BCUT2D eigenvalue weighted by Crippen LogP contribution is 2.26. The van der Waals surface area contributed by atoms with Crippen LogP contribution >= 0.6 is 0 Å². The largest absolute Gasteiger partial charge is 0.486 e. The van der Waals surface area contributed by atoms with Crippen LogP contribution in [0.2, 0.25) is 0 Å². The number of benzene rings is 2. The second kappa shape index (κ2) is 6.78. The SMILES string of the molecule is CC(Oc1ccc(N(C)C(N)=O)cc1)c1cccc([N+](=O)[O-])c1. The summed E-state index contributed by atoms with van der Waals surface area (Å²) in [6.07, 6.45) is -0.352. The third-order valence-electron chi connectivity index (χ3n) is 3.42. The van der Waals surface area contributed by atoms with Crippen LogP contribution in [0.5, 0.6) is 5.75 Å². The number of urea groups is 1. The van der Waals surface area contributed by atoms with Gasteiger partial charge in [-0.05, 0) is 36.8 Å². The van der Waals surface area contributed by atoms with Gasteiger partial charge in [-0.15, -0.1) is 0 Å². The number of carbonyl (C=O) groups is 1. The molecule has 2 N–H and O–H groups in total. The van der Waals surface area contributed by atoms with Gasteiger partial charge >= 0.3 is 6.03 Å². The van der Waals surface area contributed by atoms with Gasteiger partial charge in [0.05, 0.1) is 4.92 Å². The van der Waals surface area contributed by atoms with Gasteiger partial charge in [0.15, 0.2) is 0 Å². The van der Waals surface area contributed by atoms with Gasteiger partial charge in [-0.2, -0.15) is 0 Å². The fraction of sp³-hybridized carbons (Fsp3) is 0.188. The first-order valence-electron chi connectivity index (χ1n) is 6.92. The monoisotopic (exact) mass is 315 g/mol. The van der Waals surface area contributed by atoms with E-state index in [2.05, 4.69) is 0 Å². The van der Waals surface area contributed by atoms with Crippen LogP contribution in [0, 0.1) is 10.1 Å². The number of hydrogen-bond donors (Lipinski definition) is 1. The Morgan fingerprint density at radius 2 is 1.91 bits per heavy atom. The van der Waals surface area contributed by atoms with Gasteiger partial charge in [-0.1, -0.05) is 12.1 Å². The van der Waals surface area contributed by atoms with Crippen molar-refractivity contribution in [1.82, 2.24) is 0 Å². The third-order valence-corrected chi connectivity index (χ3v) is 3.42. The second-order valence-corrected chi connectivity index (χ2v) is 5.00. The first kappa shape index (κ1) is 16.3. The summed E-state index contributed by atoms with van der Waals surface area (Å²) in [6.45, 7) is 1.81. The molecule has 0 saturated heterocycles. The van der Waals surface area contributed by atoms with Crippen LogP contribution in [-0.2, 0) is 0 Å². The smallest absolute Gasteiger partial charge is 0.318 e. The van der Waals surface area contributed by atoms with E-state index < -0.39 is 11.0 Å². The van der Waals surface area contributed by atoms with Gasteiger partial charge in [0, 0.05) is 24.9 Å². The Morgan fingerprint density at radius 3 is 2.48 bits per heavy atom. The van der Waals surface area contributed by atoms with Crippen molar-refractivity contribution >= 4 is 17.4 Å². The second-order valence-electron chi connectivity index (χ2n) is 5.00. The summed E-state index contributed by atoms with van der Waals surface area (Å²) in [5.41, 5.74) is 6.58. The van der Waals surface area contributed by atoms with Crippen molar-refractivity contribution in [2.45, 2.75) is 13.0 Å². The minimum Gasteiger partial charge on any atom is -0.486 e. The molecule has 0 aromatic heterocycles. The summed E-state index contributed by atoms with van der Waals surface area (Å²) in [5, 5.41) is 10.8. The van der Waals surface area contributed by atoms with E-state index in [9.17, 15) is 14.9 Å². The van der Waals surface area contributed by atoms with Crippen molar-refractivity contribution in [3.05, 3.63) is 64.2 Å². The molecule has 120 valence electrons. The first-order chi connectivity index (χ1) is 10.9. The zero-order chi connectivity index (χ0) is 17.0. The Kier molecular flexibility index (Phi) is 4.80. The summed E-state index contributed by atoms with van der Waals surface area (Å²) in [5.74, 6) is 0.589. The molecule has 0 bridgehead atoms. The average Bonchev–Trinajstić information content (AvgIpc) is 2.54. The van der Waals surface area contributed by atoms with Crippen molar-refractivity contribution in [2.24, 2.45) is 5.73 Å². The van der Waals surface area contributed by atoms with E-state index >= 15 is 0 Å². The van der Waals surface area contributed by atoms with Crippen LogP contribution in [0.25, 0.3) is 0 Å². The Labute approximate surface area is 133 Å². The predicted octanol–water partition coefficient (Wildman–Crippen LogP) is 3.25. The lowest BCUT2D eigenvalue weighted by Crippen LogP contribution is -2.31. The molecule has 2 rings (SSSR count). The fourth-order valence-corrected chi connectivity index (χ4v) is 2.04. The van der Waals surface area contributed by atoms with E-state index in [-0.39, 0.29) is 11.8 Å². The molecule has 7 nitrogen and oxygen atoms in total. The molecular weight excluding hydrogens is 298 g/mol. The predicted molar refractivity (Wildman–Crippen MR) is 86.6 cm³/mol. The van der Waals surface area contributed by atoms with Crippen LogP contribution in [0.4, 0.5) is 16.2 Å². The number of anilines is 1. The molecule has 2 amide bonds. The Bertz CT molecular complexity index is 716. The third kappa shape index (κ3) is 3.97. The molecule has 2 aromatic carbocycles. The van der Waals surface area contributed by atoms with Gasteiger partial charge in [0.1, 0.15) is 11.9 Å². The van der Waals surface area contributed by atoms with E-state index in [0.29, 0.717) is 17.0 Å². The molecular formula is C16H17N3O4. The maximum atomic E-state index is 11.1. The highest BCUT2D eigenvalue weighted by Gasteiger charge is 2.13. The molecule has 7 heteroatoms. The van der Waals surface area contributed by atoms with Crippen molar-refractivity contribution in [1.29, 1.82) is 0 Å². The number of nitrogens with zero attached hydrogens (tertiary/aromatic N) is 2. The summed E-state index contributed by atoms with van der Waals surface area (Å²) in [6, 6.07) is 12.6. The Balaban J connectivity index is 2.11. The van der Waals surface area contributed by atoms with E-state index in [1.807, 2.05) is 6.92 Å². The van der Waals surface area contributed by atoms with Crippen LogP contribution < -0.4 is 15.4 Å². The first-order valence-corrected chi connectivity index (χ1v) is 6.92. The van der Waals surface area contributed by atoms with Crippen LogP contribution in [0.3, 0.4) is 0 Å². The molecule has 1 unspecified atom stereocenters. The summed E-state index contributed by atoms with van der Waals surface area (Å²) >= 11 is 0. The van der Waals surface area contributed by atoms with Crippen LogP contribution in [0.1, 0.15) is 18.6 Å². The van der Waals surface area contributed by atoms with Crippen molar-refractivity contribution < 1.29 is 14.5 Å². The number of non-ortho nitro benzene ring substituents is 1. The molecule has 2 aromatic rings. The number of ether oxygens (including phenoxy) is 1. The highest BCUT2D eigenvalue weighted by molar-refractivity contribution is 5.90. The van der Waals surface area contributed by atoms with Crippen molar-refractivity contribution in [2.75, 3.05) is 11.9 Å². The maximum absolute atomic E-state index is 11.1. The summed E-state index contributed by atoms with van der Waals surface area (Å²) < 4.78 is 5.77. The molecule has 0 radical (unpaired) electrons. The molecule has 0 aliphatic heterocycles. The highest BCUT2D eigenvalue weighted by atomic mass is 16.6. The molecule has 0 aliphatic carbocycles. The maximum Gasteiger partial charge on any atom is 0.318 e. The normalized spacial score (nSPS) is 11.6. The fourth-order valence-electron chi connectivity index (χ4n) is 2.04. The number of amides is 2. The molecule has 0 aliphatic rings. The number of hydrogen-bond acceptors (Lipinski definition) is 4. The van der Waals surface area contributed by atoms with Gasteiger partial charge in [0.2, 0.25) is 0 Å². The van der Waals surface area contributed by atoms with Gasteiger partial charge in [-0.25, -0.2) is 4.79 Å². The van der Waals surface area contributed by atoms with E-state index in [1.54, 1.807) is 43.4 Å². The van der Waals surface area contributed by atoms with Gasteiger partial charge in [-0.3, -0.25) is 15.0 Å².